The van der Waals surface area contributed by atoms with E-state index in [1.807, 2.05) is 11.2 Å². The number of thioether (sulfide) groups is 1. The van der Waals surface area contributed by atoms with Gasteiger partial charge in [-0.25, -0.2) is 9.97 Å². The van der Waals surface area contributed by atoms with Crippen molar-refractivity contribution in [2.45, 2.75) is 0 Å². The zero-order valence-corrected chi connectivity index (χ0v) is 12.6. The van der Waals surface area contributed by atoms with E-state index in [1.165, 1.54) is 0 Å². The molecule has 1 aromatic heterocycles. The van der Waals surface area contributed by atoms with Crippen LogP contribution in [0.5, 0.6) is 0 Å². The van der Waals surface area contributed by atoms with Gasteiger partial charge in [0.05, 0.1) is 10.2 Å². The summed E-state index contributed by atoms with van der Waals surface area (Å²) in [6.07, 6.45) is 5.44. The fraction of sp³-hybridized carbons (Fsp3) is 0.545. The first-order valence-corrected chi connectivity index (χ1v) is 7.88. The molecule has 0 saturated carbocycles. The number of piperazine rings is 1. The van der Waals surface area contributed by atoms with Gasteiger partial charge in [0.1, 0.15) is 0 Å². The maximum atomic E-state index is 11.7. The van der Waals surface area contributed by atoms with E-state index in [-0.39, 0.29) is 5.91 Å². The van der Waals surface area contributed by atoms with Crippen LogP contribution in [0.15, 0.2) is 16.9 Å². The summed E-state index contributed by atoms with van der Waals surface area (Å²) in [5, 5.41) is 0. The topological polar surface area (TPSA) is 49.3 Å². The van der Waals surface area contributed by atoms with E-state index < -0.39 is 0 Å². The normalized spacial score (nSPS) is 15.9. The van der Waals surface area contributed by atoms with Crippen LogP contribution in [0.3, 0.4) is 0 Å². The number of halogens is 1. The molecular weight excluding hydrogens is 316 g/mol. The van der Waals surface area contributed by atoms with Gasteiger partial charge >= 0.3 is 0 Å². The Morgan fingerprint density at radius 1 is 1.33 bits per heavy atom. The molecule has 1 aliphatic rings. The molecule has 0 aromatic carbocycles. The summed E-state index contributed by atoms with van der Waals surface area (Å²) in [4.78, 5) is 24.3. The Kier molecular flexibility index (Phi) is 4.82. The molecule has 1 aliphatic heterocycles. The summed E-state index contributed by atoms with van der Waals surface area (Å²) in [7, 11) is 0. The zero-order valence-electron chi connectivity index (χ0n) is 10.2. The number of hydrogen-bond donors (Lipinski definition) is 0. The first kappa shape index (κ1) is 13.6. The lowest BCUT2D eigenvalue weighted by atomic mass is 10.3. The average molecular weight is 331 g/mol. The van der Waals surface area contributed by atoms with Crippen LogP contribution in [0.2, 0.25) is 0 Å². The van der Waals surface area contributed by atoms with Crippen molar-refractivity contribution < 1.29 is 4.79 Å². The number of anilines is 1. The first-order valence-electron chi connectivity index (χ1n) is 5.70. The molecule has 1 saturated heterocycles. The number of carbonyl (C=O) groups is 1. The van der Waals surface area contributed by atoms with Crippen molar-refractivity contribution >= 4 is 39.5 Å². The molecule has 0 atom stereocenters. The van der Waals surface area contributed by atoms with E-state index in [1.54, 1.807) is 24.2 Å². The van der Waals surface area contributed by atoms with Gasteiger partial charge in [-0.3, -0.25) is 4.79 Å². The Morgan fingerprint density at radius 2 is 1.94 bits per heavy atom. The summed E-state index contributed by atoms with van der Waals surface area (Å²) in [5.74, 6) is 1.52. The number of rotatable bonds is 3. The summed E-state index contributed by atoms with van der Waals surface area (Å²) >= 11 is 4.88. The third-order valence-electron chi connectivity index (χ3n) is 2.79. The van der Waals surface area contributed by atoms with Gasteiger partial charge in [-0.15, -0.1) is 0 Å². The molecule has 0 N–H and O–H groups in total. The minimum Gasteiger partial charge on any atom is -0.338 e. The Morgan fingerprint density at radius 3 is 2.50 bits per heavy atom. The van der Waals surface area contributed by atoms with Crippen LogP contribution in [-0.4, -0.2) is 59.0 Å². The zero-order chi connectivity index (χ0) is 13.0. The number of aromatic nitrogens is 2. The monoisotopic (exact) mass is 330 g/mol. The second-order valence-electron chi connectivity index (χ2n) is 4.00. The summed E-state index contributed by atoms with van der Waals surface area (Å²) in [5.41, 5.74) is 0. The van der Waals surface area contributed by atoms with Crippen LogP contribution in [0.1, 0.15) is 0 Å². The lowest BCUT2D eigenvalue weighted by Crippen LogP contribution is -2.49. The fourth-order valence-corrected chi connectivity index (χ4v) is 2.47. The van der Waals surface area contributed by atoms with E-state index >= 15 is 0 Å². The van der Waals surface area contributed by atoms with Crippen molar-refractivity contribution in [2.75, 3.05) is 43.1 Å². The number of nitrogens with zero attached hydrogens (tertiary/aromatic N) is 4. The standard InChI is InChI=1S/C11H15BrN4OS/c1-18-8-10(17)15-2-4-16(5-3-15)11-13-6-9(12)7-14-11/h6-7H,2-5,8H2,1H3. The quantitative estimate of drug-likeness (QED) is 0.834. The predicted octanol–water partition coefficient (Wildman–Crippen LogP) is 1.25. The molecule has 98 valence electrons. The second-order valence-corrected chi connectivity index (χ2v) is 5.78. The third-order valence-corrected chi connectivity index (χ3v) is 3.73. The molecule has 0 aliphatic carbocycles. The molecule has 0 spiro atoms. The molecule has 1 amide bonds. The van der Waals surface area contributed by atoms with E-state index in [0.29, 0.717) is 5.75 Å². The average Bonchev–Trinajstić information content (AvgIpc) is 2.40. The lowest BCUT2D eigenvalue weighted by molar-refractivity contribution is -0.128. The molecule has 0 unspecified atom stereocenters. The molecule has 2 rings (SSSR count). The predicted molar refractivity (Wildman–Crippen MR) is 76.9 cm³/mol. The molecule has 1 fully saturated rings. The SMILES string of the molecule is CSCC(=O)N1CCN(c2ncc(Br)cn2)CC1. The molecular formula is C11H15BrN4OS. The molecule has 18 heavy (non-hydrogen) atoms. The van der Waals surface area contributed by atoms with Gasteiger partial charge < -0.3 is 9.80 Å². The third kappa shape index (κ3) is 3.35. The van der Waals surface area contributed by atoms with E-state index in [0.717, 1.165) is 36.6 Å². The maximum Gasteiger partial charge on any atom is 0.232 e. The van der Waals surface area contributed by atoms with Crippen molar-refractivity contribution in [3.63, 3.8) is 0 Å². The Labute approximate surface area is 119 Å². The molecule has 0 bridgehead atoms. The van der Waals surface area contributed by atoms with E-state index in [4.69, 9.17) is 0 Å². The Bertz CT molecular complexity index is 406. The van der Waals surface area contributed by atoms with Gasteiger partial charge in [0.15, 0.2) is 0 Å². The minimum atomic E-state index is 0.221. The highest BCUT2D eigenvalue weighted by Gasteiger charge is 2.21. The molecule has 0 radical (unpaired) electrons. The highest BCUT2D eigenvalue weighted by Crippen LogP contribution is 2.13. The van der Waals surface area contributed by atoms with Gasteiger partial charge in [-0.2, -0.15) is 11.8 Å². The Hall–Kier alpha value is -0.820. The van der Waals surface area contributed by atoms with Crippen LogP contribution in [0.4, 0.5) is 5.95 Å². The highest BCUT2D eigenvalue weighted by atomic mass is 79.9. The van der Waals surface area contributed by atoms with Crippen molar-refractivity contribution in [3.8, 4) is 0 Å². The van der Waals surface area contributed by atoms with Crippen molar-refractivity contribution in [1.29, 1.82) is 0 Å². The molecule has 2 heterocycles. The van der Waals surface area contributed by atoms with Gasteiger partial charge in [0.2, 0.25) is 11.9 Å². The number of hydrogen-bond acceptors (Lipinski definition) is 5. The van der Waals surface area contributed by atoms with Crippen molar-refractivity contribution in [1.82, 2.24) is 14.9 Å². The fourth-order valence-electron chi connectivity index (χ4n) is 1.84. The summed E-state index contributed by atoms with van der Waals surface area (Å²) in [6, 6.07) is 0. The van der Waals surface area contributed by atoms with Crippen LogP contribution < -0.4 is 4.90 Å². The first-order chi connectivity index (χ1) is 8.70. The largest absolute Gasteiger partial charge is 0.338 e. The summed E-state index contributed by atoms with van der Waals surface area (Å²) in [6.45, 7) is 3.08. The second kappa shape index (κ2) is 6.38. The van der Waals surface area contributed by atoms with Crippen LogP contribution in [0.25, 0.3) is 0 Å². The van der Waals surface area contributed by atoms with Crippen LogP contribution in [-0.2, 0) is 4.79 Å². The smallest absolute Gasteiger partial charge is 0.232 e. The number of amides is 1. The molecule has 5 nitrogen and oxygen atoms in total. The van der Waals surface area contributed by atoms with Gasteiger partial charge in [0, 0.05) is 38.6 Å². The highest BCUT2D eigenvalue weighted by molar-refractivity contribution is 9.10. The van der Waals surface area contributed by atoms with Crippen molar-refractivity contribution in [2.24, 2.45) is 0 Å². The van der Waals surface area contributed by atoms with Crippen LogP contribution in [0, 0.1) is 0 Å². The van der Waals surface area contributed by atoms with Gasteiger partial charge in [-0.05, 0) is 22.2 Å². The van der Waals surface area contributed by atoms with Crippen molar-refractivity contribution in [3.05, 3.63) is 16.9 Å². The number of carbonyl (C=O) groups excluding carboxylic acids is 1. The minimum absolute atomic E-state index is 0.221. The summed E-state index contributed by atoms with van der Waals surface area (Å²) < 4.78 is 0.875. The van der Waals surface area contributed by atoms with E-state index in [9.17, 15) is 4.79 Å². The Balaban J connectivity index is 1.90. The van der Waals surface area contributed by atoms with Gasteiger partial charge in [0.25, 0.3) is 0 Å². The lowest BCUT2D eigenvalue weighted by Gasteiger charge is -2.34. The molecule has 1 aromatic rings. The van der Waals surface area contributed by atoms with E-state index in [2.05, 4.69) is 30.8 Å². The van der Waals surface area contributed by atoms with Crippen LogP contribution >= 0.6 is 27.7 Å². The van der Waals surface area contributed by atoms with Gasteiger partial charge in [-0.1, -0.05) is 0 Å². The maximum absolute atomic E-state index is 11.7. The molecule has 7 heteroatoms.